The summed E-state index contributed by atoms with van der Waals surface area (Å²) in [5.41, 5.74) is 2.81. The number of nitrogens with zero attached hydrogens (tertiary/aromatic N) is 1. The molecule has 1 heterocycles. The second-order valence-electron chi connectivity index (χ2n) is 6.23. The molecule has 0 atom stereocenters. The van der Waals surface area contributed by atoms with E-state index in [-0.39, 0.29) is 4.90 Å². The van der Waals surface area contributed by atoms with Gasteiger partial charge in [-0.25, -0.2) is 13.1 Å². The van der Waals surface area contributed by atoms with Crippen molar-refractivity contribution in [2.45, 2.75) is 24.3 Å². The molecule has 2 aromatic carbocycles. The Kier molecular flexibility index (Phi) is 5.73. The van der Waals surface area contributed by atoms with Crippen molar-refractivity contribution in [1.82, 2.24) is 9.62 Å². The van der Waals surface area contributed by atoms with Crippen LogP contribution in [0.5, 0.6) is 5.75 Å². The average Bonchev–Trinajstić information content (AvgIpc) is 2.65. The van der Waals surface area contributed by atoms with Gasteiger partial charge in [0.2, 0.25) is 10.0 Å². The zero-order chi connectivity index (χ0) is 17.7. The van der Waals surface area contributed by atoms with E-state index in [1.807, 2.05) is 0 Å². The van der Waals surface area contributed by atoms with E-state index in [0.717, 1.165) is 32.5 Å². The fraction of sp³-hybridized carbons (Fsp3) is 0.368. The van der Waals surface area contributed by atoms with Gasteiger partial charge in [-0.15, -0.1) is 0 Å². The van der Waals surface area contributed by atoms with E-state index < -0.39 is 10.0 Å². The van der Waals surface area contributed by atoms with Crippen LogP contribution in [-0.2, 0) is 23.0 Å². The zero-order valence-corrected chi connectivity index (χ0v) is 15.3. The molecule has 0 amide bonds. The Morgan fingerprint density at radius 1 is 1.12 bits per heavy atom. The first-order valence-electron chi connectivity index (χ1n) is 8.51. The first-order valence-corrected chi connectivity index (χ1v) is 10.00. The molecule has 1 aliphatic rings. The highest BCUT2D eigenvalue weighted by atomic mass is 32.2. The summed E-state index contributed by atoms with van der Waals surface area (Å²) in [6.07, 6.45) is 1.84. The number of hydrogen-bond acceptors (Lipinski definition) is 4. The average molecular weight is 360 g/mol. The molecule has 0 unspecified atom stereocenters. The third-order valence-corrected chi connectivity index (χ3v) is 5.96. The van der Waals surface area contributed by atoms with Crippen molar-refractivity contribution in [2.24, 2.45) is 0 Å². The summed E-state index contributed by atoms with van der Waals surface area (Å²) in [4.78, 5) is 2.61. The van der Waals surface area contributed by atoms with Gasteiger partial charge in [0, 0.05) is 25.7 Å². The van der Waals surface area contributed by atoms with Crippen LogP contribution in [0.2, 0.25) is 0 Å². The van der Waals surface area contributed by atoms with E-state index in [2.05, 4.69) is 33.9 Å². The maximum Gasteiger partial charge on any atom is 0.240 e. The molecule has 0 aliphatic carbocycles. The number of methoxy groups -OCH3 is 1. The second kappa shape index (κ2) is 7.99. The molecule has 0 saturated heterocycles. The molecular weight excluding hydrogens is 336 g/mol. The largest absolute Gasteiger partial charge is 0.497 e. The first-order chi connectivity index (χ1) is 12.1. The Morgan fingerprint density at radius 3 is 2.72 bits per heavy atom. The summed E-state index contributed by atoms with van der Waals surface area (Å²) < 4.78 is 32.4. The fourth-order valence-corrected chi connectivity index (χ4v) is 4.21. The van der Waals surface area contributed by atoms with Crippen LogP contribution in [0.15, 0.2) is 53.4 Å². The molecule has 3 rings (SSSR count). The van der Waals surface area contributed by atoms with Crippen molar-refractivity contribution >= 4 is 10.0 Å². The highest BCUT2D eigenvalue weighted by Gasteiger charge is 2.17. The minimum atomic E-state index is -3.49. The fourth-order valence-electron chi connectivity index (χ4n) is 3.11. The molecule has 0 saturated carbocycles. The standard InChI is InChI=1S/C19H24N2O3S/c1-24-18-8-4-9-19(14-18)25(22,23)20-11-5-12-21-13-10-16-6-2-3-7-17(16)15-21/h2-4,6-9,14,20H,5,10-13,15H2,1H3. The molecule has 0 fully saturated rings. The maximum atomic E-state index is 12.3. The van der Waals surface area contributed by atoms with Crippen molar-refractivity contribution in [1.29, 1.82) is 0 Å². The van der Waals surface area contributed by atoms with E-state index in [4.69, 9.17) is 4.74 Å². The van der Waals surface area contributed by atoms with Crippen LogP contribution in [-0.4, -0.2) is 40.1 Å². The van der Waals surface area contributed by atoms with Crippen LogP contribution in [0.3, 0.4) is 0 Å². The van der Waals surface area contributed by atoms with Crippen LogP contribution >= 0.6 is 0 Å². The minimum absolute atomic E-state index is 0.235. The molecule has 2 aromatic rings. The Hall–Kier alpha value is -1.89. The van der Waals surface area contributed by atoms with Gasteiger partial charge in [-0.3, -0.25) is 4.90 Å². The third kappa shape index (κ3) is 4.60. The van der Waals surface area contributed by atoms with Gasteiger partial charge in [-0.2, -0.15) is 0 Å². The quantitative estimate of drug-likeness (QED) is 0.771. The number of nitrogens with one attached hydrogen (secondary N) is 1. The van der Waals surface area contributed by atoms with Gasteiger partial charge < -0.3 is 4.74 Å². The van der Waals surface area contributed by atoms with Crippen LogP contribution in [0, 0.1) is 0 Å². The number of fused-ring (bicyclic) bond motifs is 1. The molecule has 6 heteroatoms. The molecule has 134 valence electrons. The summed E-state index contributed by atoms with van der Waals surface area (Å²) in [5, 5.41) is 0. The van der Waals surface area contributed by atoms with Crippen LogP contribution in [0.1, 0.15) is 17.5 Å². The van der Waals surface area contributed by atoms with Crippen molar-refractivity contribution in [2.75, 3.05) is 26.7 Å². The van der Waals surface area contributed by atoms with E-state index >= 15 is 0 Å². The highest BCUT2D eigenvalue weighted by Crippen LogP contribution is 2.19. The number of rotatable bonds is 7. The van der Waals surface area contributed by atoms with Gasteiger partial charge in [0.05, 0.1) is 12.0 Å². The molecule has 5 nitrogen and oxygen atoms in total. The molecular formula is C19H24N2O3S. The summed E-state index contributed by atoms with van der Waals surface area (Å²) >= 11 is 0. The van der Waals surface area contributed by atoms with Gasteiger partial charge in [0.25, 0.3) is 0 Å². The van der Waals surface area contributed by atoms with E-state index in [0.29, 0.717) is 12.3 Å². The Labute approximate surface area is 149 Å². The lowest BCUT2D eigenvalue weighted by Crippen LogP contribution is -2.33. The normalized spacial score (nSPS) is 14.9. The van der Waals surface area contributed by atoms with Crippen LogP contribution in [0.4, 0.5) is 0 Å². The summed E-state index contributed by atoms with van der Waals surface area (Å²) in [7, 11) is -1.97. The lowest BCUT2D eigenvalue weighted by atomic mass is 10.00. The SMILES string of the molecule is COc1cccc(S(=O)(=O)NCCCN2CCc3ccccc3C2)c1. The predicted octanol–water partition coefficient (Wildman–Crippen LogP) is 2.42. The van der Waals surface area contributed by atoms with E-state index in [1.165, 1.54) is 24.3 Å². The van der Waals surface area contributed by atoms with Crippen molar-refractivity contribution in [3.05, 3.63) is 59.7 Å². The lowest BCUT2D eigenvalue weighted by molar-refractivity contribution is 0.251. The molecule has 0 aromatic heterocycles. The molecule has 25 heavy (non-hydrogen) atoms. The number of ether oxygens (including phenoxy) is 1. The van der Waals surface area contributed by atoms with E-state index in [1.54, 1.807) is 18.2 Å². The minimum Gasteiger partial charge on any atom is -0.497 e. The second-order valence-corrected chi connectivity index (χ2v) is 7.99. The topological polar surface area (TPSA) is 58.6 Å². The number of sulfonamides is 1. The molecule has 1 aliphatic heterocycles. The molecule has 1 N–H and O–H groups in total. The summed E-state index contributed by atoms with van der Waals surface area (Å²) in [6.45, 7) is 3.28. The van der Waals surface area contributed by atoms with Gasteiger partial charge in [0.15, 0.2) is 0 Å². The lowest BCUT2D eigenvalue weighted by Gasteiger charge is -2.28. The van der Waals surface area contributed by atoms with E-state index in [9.17, 15) is 8.42 Å². The van der Waals surface area contributed by atoms with Crippen LogP contribution in [0.25, 0.3) is 0 Å². The van der Waals surface area contributed by atoms with Gasteiger partial charge in [-0.1, -0.05) is 30.3 Å². The van der Waals surface area contributed by atoms with Gasteiger partial charge in [-0.05, 0) is 42.6 Å². The first kappa shape index (κ1) is 17.9. The number of benzene rings is 2. The Morgan fingerprint density at radius 2 is 1.92 bits per heavy atom. The Bertz CT molecular complexity index is 821. The molecule has 0 radical (unpaired) electrons. The number of hydrogen-bond donors (Lipinski definition) is 1. The smallest absolute Gasteiger partial charge is 0.240 e. The summed E-state index contributed by atoms with van der Waals surface area (Å²) in [5.74, 6) is 0.537. The van der Waals surface area contributed by atoms with Crippen molar-refractivity contribution in [3.63, 3.8) is 0 Å². The zero-order valence-electron chi connectivity index (χ0n) is 14.4. The van der Waals surface area contributed by atoms with Gasteiger partial charge >= 0.3 is 0 Å². The predicted molar refractivity (Wildman–Crippen MR) is 98.2 cm³/mol. The van der Waals surface area contributed by atoms with Crippen LogP contribution < -0.4 is 9.46 Å². The van der Waals surface area contributed by atoms with Gasteiger partial charge in [0.1, 0.15) is 5.75 Å². The van der Waals surface area contributed by atoms with Crippen molar-refractivity contribution in [3.8, 4) is 5.75 Å². The van der Waals surface area contributed by atoms with Crippen molar-refractivity contribution < 1.29 is 13.2 Å². The third-order valence-electron chi connectivity index (χ3n) is 4.50. The maximum absolute atomic E-state index is 12.3. The Balaban J connectivity index is 1.48. The highest BCUT2D eigenvalue weighted by molar-refractivity contribution is 7.89. The summed E-state index contributed by atoms with van der Waals surface area (Å²) in [6, 6.07) is 15.0. The monoisotopic (exact) mass is 360 g/mol. The molecule has 0 spiro atoms. The molecule has 0 bridgehead atoms.